The molecule has 2 atom stereocenters. The minimum Gasteiger partial charge on any atom is -0.480 e. The Kier molecular flexibility index (Phi) is 6.86. The van der Waals surface area contributed by atoms with E-state index in [4.69, 9.17) is 4.74 Å². The fourth-order valence-corrected chi connectivity index (χ4v) is 5.47. The summed E-state index contributed by atoms with van der Waals surface area (Å²) in [5, 5.41) is 2.94. The van der Waals surface area contributed by atoms with Gasteiger partial charge in [0.25, 0.3) is 11.8 Å². The van der Waals surface area contributed by atoms with E-state index in [9.17, 15) is 9.59 Å². The van der Waals surface area contributed by atoms with Crippen LogP contribution in [-0.4, -0.2) is 60.4 Å². The molecule has 0 spiro atoms. The molecule has 2 amide bonds. The Morgan fingerprint density at radius 3 is 2.68 bits per heavy atom. The van der Waals surface area contributed by atoms with Gasteiger partial charge in [-0.05, 0) is 80.4 Å². The molecular formula is C28H35N3O3. The van der Waals surface area contributed by atoms with Crippen molar-refractivity contribution in [1.29, 1.82) is 0 Å². The maximum atomic E-state index is 13.3. The lowest BCUT2D eigenvalue weighted by Crippen LogP contribution is -2.45. The SMILES string of the molecule is CC1CCN(CC2CCCN(C(=O)c3cccc(NC(=O)C4Cc5ccccc5O4)c3)C2)CC1. The molecule has 180 valence electrons. The normalized spacial score (nSPS) is 23.3. The van der Waals surface area contributed by atoms with Crippen molar-refractivity contribution < 1.29 is 14.3 Å². The number of piperidine rings is 2. The number of anilines is 1. The molecule has 0 aromatic heterocycles. The molecule has 3 aliphatic heterocycles. The summed E-state index contributed by atoms with van der Waals surface area (Å²) in [4.78, 5) is 30.7. The van der Waals surface area contributed by atoms with Crippen molar-refractivity contribution in [3.63, 3.8) is 0 Å². The quantitative estimate of drug-likeness (QED) is 0.725. The van der Waals surface area contributed by atoms with Crippen molar-refractivity contribution in [3.05, 3.63) is 59.7 Å². The Labute approximate surface area is 202 Å². The van der Waals surface area contributed by atoms with Crippen LogP contribution in [0.2, 0.25) is 0 Å². The number of rotatable bonds is 5. The van der Waals surface area contributed by atoms with Gasteiger partial charge in [-0.15, -0.1) is 0 Å². The highest BCUT2D eigenvalue weighted by Gasteiger charge is 2.30. The molecule has 1 N–H and O–H groups in total. The number of hydrogen-bond acceptors (Lipinski definition) is 4. The Bertz CT molecular complexity index is 1010. The average molecular weight is 462 g/mol. The highest BCUT2D eigenvalue weighted by molar-refractivity contribution is 5.98. The number of nitrogens with one attached hydrogen (secondary N) is 1. The molecule has 0 radical (unpaired) electrons. The van der Waals surface area contributed by atoms with Crippen molar-refractivity contribution in [2.24, 2.45) is 11.8 Å². The monoisotopic (exact) mass is 461 g/mol. The standard InChI is InChI=1S/C28H35N3O3/c1-20-11-14-30(15-12-20)18-21-6-5-13-31(19-21)28(33)23-8-4-9-24(16-23)29-27(32)26-17-22-7-2-3-10-25(22)34-26/h2-4,7-10,16,20-21,26H,5-6,11-15,17-19H2,1H3,(H,29,32). The summed E-state index contributed by atoms with van der Waals surface area (Å²) in [7, 11) is 0. The molecule has 3 aliphatic rings. The molecule has 2 aromatic rings. The molecular weight excluding hydrogens is 426 g/mol. The van der Waals surface area contributed by atoms with E-state index in [2.05, 4.69) is 17.1 Å². The third-order valence-corrected chi connectivity index (χ3v) is 7.52. The van der Waals surface area contributed by atoms with Crippen LogP contribution >= 0.6 is 0 Å². The van der Waals surface area contributed by atoms with Gasteiger partial charge in [-0.3, -0.25) is 9.59 Å². The lowest BCUT2D eigenvalue weighted by molar-refractivity contribution is -0.122. The Morgan fingerprint density at radius 2 is 1.85 bits per heavy atom. The van der Waals surface area contributed by atoms with E-state index < -0.39 is 6.10 Å². The maximum Gasteiger partial charge on any atom is 0.265 e. The van der Waals surface area contributed by atoms with Gasteiger partial charge in [0.1, 0.15) is 5.75 Å². The number of para-hydroxylation sites is 1. The molecule has 0 aliphatic carbocycles. The summed E-state index contributed by atoms with van der Waals surface area (Å²) in [6.45, 7) is 7.42. The zero-order valence-corrected chi connectivity index (χ0v) is 20.0. The number of hydrogen-bond donors (Lipinski definition) is 1. The first-order valence-corrected chi connectivity index (χ1v) is 12.7. The van der Waals surface area contributed by atoms with Crippen LogP contribution in [0.1, 0.15) is 48.5 Å². The van der Waals surface area contributed by atoms with Gasteiger partial charge in [0.15, 0.2) is 6.10 Å². The van der Waals surface area contributed by atoms with Gasteiger partial charge < -0.3 is 19.9 Å². The number of benzene rings is 2. The third kappa shape index (κ3) is 5.27. The van der Waals surface area contributed by atoms with E-state index in [1.165, 1.54) is 32.4 Å². The summed E-state index contributed by atoms with van der Waals surface area (Å²) in [6.07, 6.45) is 4.83. The van der Waals surface area contributed by atoms with Crippen molar-refractivity contribution in [2.45, 2.75) is 45.1 Å². The topological polar surface area (TPSA) is 61.9 Å². The molecule has 5 rings (SSSR count). The van der Waals surface area contributed by atoms with Crippen molar-refractivity contribution in [2.75, 3.05) is 38.0 Å². The van der Waals surface area contributed by atoms with Gasteiger partial charge in [-0.25, -0.2) is 0 Å². The van der Waals surface area contributed by atoms with Crippen molar-refractivity contribution in [3.8, 4) is 5.75 Å². The number of likely N-dealkylation sites (tertiary alicyclic amines) is 2. The van der Waals surface area contributed by atoms with Gasteiger partial charge in [-0.2, -0.15) is 0 Å². The van der Waals surface area contributed by atoms with E-state index in [1.807, 2.05) is 47.4 Å². The van der Waals surface area contributed by atoms with Gasteiger partial charge >= 0.3 is 0 Å². The van der Waals surface area contributed by atoms with Gasteiger partial charge in [0.05, 0.1) is 0 Å². The second kappa shape index (κ2) is 10.2. The Morgan fingerprint density at radius 1 is 1.03 bits per heavy atom. The lowest BCUT2D eigenvalue weighted by atomic mass is 9.94. The van der Waals surface area contributed by atoms with E-state index >= 15 is 0 Å². The number of amides is 2. The van der Waals surface area contributed by atoms with Crippen LogP contribution in [0.15, 0.2) is 48.5 Å². The predicted octanol–water partition coefficient (Wildman–Crippen LogP) is 4.21. The minimum absolute atomic E-state index is 0.0533. The Hall–Kier alpha value is -2.86. The first kappa shape index (κ1) is 22.9. The first-order valence-electron chi connectivity index (χ1n) is 12.7. The minimum atomic E-state index is -0.544. The Balaban J connectivity index is 1.17. The van der Waals surface area contributed by atoms with Crippen LogP contribution in [0.5, 0.6) is 5.75 Å². The van der Waals surface area contributed by atoms with Crippen molar-refractivity contribution in [1.82, 2.24) is 9.80 Å². The molecule has 0 bridgehead atoms. The van der Waals surface area contributed by atoms with Crippen LogP contribution in [0, 0.1) is 11.8 Å². The zero-order chi connectivity index (χ0) is 23.5. The molecule has 6 nitrogen and oxygen atoms in total. The van der Waals surface area contributed by atoms with Gasteiger partial charge in [-0.1, -0.05) is 31.2 Å². The first-order chi connectivity index (χ1) is 16.5. The molecule has 2 aromatic carbocycles. The number of fused-ring (bicyclic) bond motifs is 1. The van der Waals surface area contributed by atoms with E-state index in [0.29, 0.717) is 23.6 Å². The van der Waals surface area contributed by atoms with Crippen LogP contribution in [0.3, 0.4) is 0 Å². The van der Waals surface area contributed by atoms with E-state index in [0.717, 1.165) is 43.3 Å². The molecule has 6 heteroatoms. The number of ether oxygens (including phenoxy) is 1. The zero-order valence-electron chi connectivity index (χ0n) is 20.0. The summed E-state index contributed by atoms with van der Waals surface area (Å²) in [6, 6.07) is 15.0. The number of carbonyl (C=O) groups excluding carboxylic acids is 2. The maximum absolute atomic E-state index is 13.3. The molecule has 3 heterocycles. The van der Waals surface area contributed by atoms with Crippen LogP contribution < -0.4 is 10.1 Å². The summed E-state index contributed by atoms with van der Waals surface area (Å²) >= 11 is 0. The highest BCUT2D eigenvalue weighted by Crippen LogP contribution is 2.29. The van der Waals surface area contributed by atoms with Gasteiger partial charge in [0.2, 0.25) is 0 Å². The summed E-state index contributed by atoms with van der Waals surface area (Å²) in [5.41, 5.74) is 2.30. The van der Waals surface area contributed by atoms with Gasteiger partial charge in [0, 0.05) is 37.3 Å². The highest BCUT2D eigenvalue weighted by atomic mass is 16.5. The van der Waals surface area contributed by atoms with Crippen LogP contribution in [0.4, 0.5) is 5.69 Å². The fourth-order valence-electron chi connectivity index (χ4n) is 5.47. The second-order valence-corrected chi connectivity index (χ2v) is 10.2. The summed E-state index contributed by atoms with van der Waals surface area (Å²) < 4.78 is 5.80. The summed E-state index contributed by atoms with van der Waals surface area (Å²) in [5.74, 6) is 2.01. The van der Waals surface area contributed by atoms with E-state index in [1.54, 1.807) is 6.07 Å². The molecule has 2 fully saturated rings. The number of carbonyl (C=O) groups is 2. The molecule has 34 heavy (non-hydrogen) atoms. The lowest BCUT2D eigenvalue weighted by Gasteiger charge is -2.38. The number of nitrogens with zero attached hydrogens (tertiary/aromatic N) is 2. The third-order valence-electron chi connectivity index (χ3n) is 7.52. The van der Waals surface area contributed by atoms with Crippen LogP contribution in [0.25, 0.3) is 0 Å². The second-order valence-electron chi connectivity index (χ2n) is 10.2. The molecule has 0 saturated carbocycles. The molecule has 2 unspecified atom stereocenters. The molecule has 2 saturated heterocycles. The smallest absolute Gasteiger partial charge is 0.265 e. The predicted molar refractivity (Wildman–Crippen MR) is 133 cm³/mol. The fraction of sp³-hybridized carbons (Fsp3) is 0.500. The van der Waals surface area contributed by atoms with E-state index in [-0.39, 0.29) is 11.8 Å². The van der Waals surface area contributed by atoms with Crippen LogP contribution in [-0.2, 0) is 11.2 Å². The average Bonchev–Trinajstić information content (AvgIpc) is 3.30. The largest absolute Gasteiger partial charge is 0.480 e. The van der Waals surface area contributed by atoms with Crippen molar-refractivity contribution >= 4 is 17.5 Å².